The molecule has 0 radical (unpaired) electrons. The van der Waals surface area contributed by atoms with Crippen LogP contribution in [-0.2, 0) is 11.3 Å². The van der Waals surface area contributed by atoms with Gasteiger partial charge < -0.3 is 19.9 Å². The summed E-state index contributed by atoms with van der Waals surface area (Å²) in [6.07, 6.45) is 4.98. The topological polar surface area (TPSA) is 53.5 Å². The second-order valence-electron chi connectivity index (χ2n) is 5.32. The van der Waals surface area contributed by atoms with E-state index in [0.717, 1.165) is 63.9 Å². The fourth-order valence-electron chi connectivity index (χ4n) is 2.12. The Balaban J connectivity index is 1.71. The van der Waals surface area contributed by atoms with Crippen molar-refractivity contribution in [3.05, 3.63) is 18.0 Å². The number of nitrogens with one attached hydrogen (secondary N) is 1. The summed E-state index contributed by atoms with van der Waals surface area (Å²) >= 11 is 0. The van der Waals surface area contributed by atoms with Gasteiger partial charge >= 0.3 is 0 Å². The van der Waals surface area contributed by atoms with E-state index in [1.165, 1.54) is 0 Å². The molecule has 112 valence electrons. The van der Waals surface area contributed by atoms with Crippen molar-refractivity contribution in [1.82, 2.24) is 20.2 Å². The lowest BCUT2D eigenvalue weighted by atomic mass is 10.3. The van der Waals surface area contributed by atoms with Gasteiger partial charge in [0.05, 0.1) is 13.2 Å². The number of nitrogens with zero attached hydrogens (tertiary/aromatic N) is 4. The summed E-state index contributed by atoms with van der Waals surface area (Å²) in [6.45, 7) is 6.24. The van der Waals surface area contributed by atoms with E-state index in [2.05, 4.69) is 39.2 Å². The highest BCUT2D eigenvalue weighted by atomic mass is 16.5. The molecule has 0 amide bonds. The minimum atomic E-state index is 0.762. The van der Waals surface area contributed by atoms with Crippen LogP contribution in [0.25, 0.3) is 0 Å². The van der Waals surface area contributed by atoms with Crippen molar-refractivity contribution in [1.29, 1.82) is 0 Å². The van der Waals surface area contributed by atoms with Crippen molar-refractivity contribution in [2.75, 3.05) is 58.4 Å². The van der Waals surface area contributed by atoms with Crippen LogP contribution in [0.5, 0.6) is 0 Å². The van der Waals surface area contributed by atoms with Crippen LogP contribution in [0.4, 0.5) is 5.95 Å². The zero-order valence-corrected chi connectivity index (χ0v) is 12.5. The number of ether oxygens (including phenoxy) is 1. The molecule has 6 heteroatoms. The Morgan fingerprint density at radius 3 is 2.60 bits per heavy atom. The maximum atomic E-state index is 5.33. The summed E-state index contributed by atoms with van der Waals surface area (Å²) in [7, 11) is 4.19. The first-order valence-electron chi connectivity index (χ1n) is 7.25. The molecule has 0 atom stereocenters. The van der Waals surface area contributed by atoms with Crippen molar-refractivity contribution in [3.63, 3.8) is 0 Å². The Morgan fingerprint density at radius 2 is 1.95 bits per heavy atom. The van der Waals surface area contributed by atoms with E-state index in [-0.39, 0.29) is 0 Å². The molecular weight excluding hydrogens is 254 g/mol. The number of hydrogen-bond acceptors (Lipinski definition) is 6. The smallest absolute Gasteiger partial charge is 0.225 e. The zero-order valence-electron chi connectivity index (χ0n) is 12.5. The SMILES string of the molecule is CN(C)CCCNCc1cnc(N2CCOCC2)nc1. The first-order chi connectivity index (χ1) is 9.75. The molecule has 2 heterocycles. The highest BCUT2D eigenvalue weighted by Gasteiger charge is 2.13. The van der Waals surface area contributed by atoms with Crippen LogP contribution in [0, 0.1) is 0 Å². The molecule has 0 bridgehead atoms. The van der Waals surface area contributed by atoms with Crippen molar-refractivity contribution >= 4 is 5.95 Å². The number of morpholine rings is 1. The van der Waals surface area contributed by atoms with Gasteiger partial charge in [-0.1, -0.05) is 0 Å². The van der Waals surface area contributed by atoms with Crippen molar-refractivity contribution in [2.45, 2.75) is 13.0 Å². The van der Waals surface area contributed by atoms with Gasteiger partial charge in [0.1, 0.15) is 0 Å². The maximum Gasteiger partial charge on any atom is 0.225 e. The van der Waals surface area contributed by atoms with E-state index >= 15 is 0 Å². The Bertz CT molecular complexity index is 376. The average Bonchev–Trinajstić information content (AvgIpc) is 2.48. The van der Waals surface area contributed by atoms with Gasteiger partial charge in [-0.05, 0) is 33.6 Å². The Hall–Kier alpha value is -1.24. The summed E-state index contributed by atoms with van der Waals surface area (Å²) in [6, 6.07) is 0. The molecule has 2 rings (SSSR count). The van der Waals surface area contributed by atoms with E-state index in [0.29, 0.717) is 0 Å². The van der Waals surface area contributed by atoms with Crippen LogP contribution in [0.15, 0.2) is 12.4 Å². The minimum Gasteiger partial charge on any atom is -0.378 e. The average molecular weight is 279 g/mol. The summed E-state index contributed by atoms with van der Waals surface area (Å²) in [5.41, 5.74) is 1.13. The van der Waals surface area contributed by atoms with E-state index in [1.54, 1.807) is 0 Å². The lowest BCUT2D eigenvalue weighted by Crippen LogP contribution is -2.37. The molecule has 0 aromatic carbocycles. The fraction of sp³-hybridized carbons (Fsp3) is 0.714. The van der Waals surface area contributed by atoms with E-state index < -0.39 is 0 Å². The molecule has 1 aromatic heterocycles. The van der Waals surface area contributed by atoms with E-state index in [9.17, 15) is 0 Å². The van der Waals surface area contributed by atoms with Gasteiger partial charge in [-0.2, -0.15) is 0 Å². The summed E-state index contributed by atoms with van der Waals surface area (Å²) in [4.78, 5) is 13.2. The normalized spacial score (nSPS) is 15.8. The van der Waals surface area contributed by atoms with Crippen molar-refractivity contribution in [3.8, 4) is 0 Å². The minimum absolute atomic E-state index is 0.762. The second kappa shape index (κ2) is 8.14. The quantitative estimate of drug-likeness (QED) is 0.727. The largest absolute Gasteiger partial charge is 0.378 e. The van der Waals surface area contributed by atoms with Gasteiger partial charge in [0.25, 0.3) is 0 Å². The van der Waals surface area contributed by atoms with E-state index in [1.807, 2.05) is 12.4 Å². The molecule has 1 aliphatic rings. The predicted molar refractivity (Wildman–Crippen MR) is 79.9 cm³/mol. The van der Waals surface area contributed by atoms with Crippen molar-refractivity contribution < 1.29 is 4.74 Å². The number of anilines is 1. The monoisotopic (exact) mass is 279 g/mol. The second-order valence-corrected chi connectivity index (χ2v) is 5.32. The van der Waals surface area contributed by atoms with Crippen LogP contribution < -0.4 is 10.2 Å². The standard InChI is InChI=1S/C14H25N5O/c1-18(2)5-3-4-15-10-13-11-16-14(17-12-13)19-6-8-20-9-7-19/h11-12,15H,3-10H2,1-2H3. The molecule has 1 N–H and O–H groups in total. The van der Waals surface area contributed by atoms with Gasteiger partial charge in [-0.25, -0.2) is 9.97 Å². The van der Waals surface area contributed by atoms with Crippen LogP contribution >= 0.6 is 0 Å². The third kappa shape index (κ3) is 5.03. The first-order valence-corrected chi connectivity index (χ1v) is 7.25. The summed E-state index contributed by atoms with van der Waals surface area (Å²) in [5, 5.41) is 3.42. The first kappa shape index (κ1) is 15.2. The molecule has 20 heavy (non-hydrogen) atoms. The number of hydrogen-bond donors (Lipinski definition) is 1. The summed E-state index contributed by atoms with van der Waals surface area (Å²) < 4.78 is 5.33. The summed E-state index contributed by atoms with van der Waals surface area (Å²) in [5.74, 6) is 0.810. The zero-order chi connectivity index (χ0) is 14.2. The van der Waals surface area contributed by atoms with Gasteiger partial charge in [0.2, 0.25) is 5.95 Å². The van der Waals surface area contributed by atoms with Gasteiger partial charge in [-0.3, -0.25) is 0 Å². The molecule has 1 aliphatic heterocycles. The Morgan fingerprint density at radius 1 is 1.25 bits per heavy atom. The molecule has 1 aromatic rings. The predicted octanol–water partition coefficient (Wildman–Crippen LogP) is 0.355. The van der Waals surface area contributed by atoms with Gasteiger partial charge in [0.15, 0.2) is 0 Å². The Labute approximate surface area is 121 Å². The van der Waals surface area contributed by atoms with Crippen LogP contribution in [0.1, 0.15) is 12.0 Å². The molecule has 6 nitrogen and oxygen atoms in total. The van der Waals surface area contributed by atoms with Crippen molar-refractivity contribution in [2.24, 2.45) is 0 Å². The van der Waals surface area contributed by atoms with Gasteiger partial charge in [0, 0.05) is 37.6 Å². The van der Waals surface area contributed by atoms with Crippen LogP contribution in [0.2, 0.25) is 0 Å². The van der Waals surface area contributed by atoms with Gasteiger partial charge in [-0.15, -0.1) is 0 Å². The lowest BCUT2D eigenvalue weighted by Gasteiger charge is -2.26. The molecular formula is C14H25N5O. The molecule has 1 saturated heterocycles. The van der Waals surface area contributed by atoms with Crippen LogP contribution in [-0.4, -0.2) is 68.4 Å². The highest BCUT2D eigenvalue weighted by Crippen LogP contribution is 2.09. The van der Waals surface area contributed by atoms with E-state index in [4.69, 9.17) is 4.74 Å². The number of aromatic nitrogens is 2. The molecule has 0 unspecified atom stereocenters. The molecule has 0 spiro atoms. The Kier molecular flexibility index (Phi) is 6.17. The lowest BCUT2D eigenvalue weighted by molar-refractivity contribution is 0.122. The third-order valence-electron chi connectivity index (χ3n) is 3.27. The molecule has 0 aliphatic carbocycles. The molecule has 1 fully saturated rings. The highest BCUT2D eigenvalue weighted by molar-refractivity contribution is 5.30. The maximum absolute atomic E-state index is 5.33. The third-order valence-corrected chi connectivity index (χ3v) is 3.27. The fourth-order valence-corrected chi connectivity index (χ4v) is 2.12. The number of rotatable bonds is 7. The molecule has 0 saturated carbocycles. The van der Waals surface area contributed by atoms with Crippen LogP contribution in [0.3, 0.4) is 0 Å².